The molecule has 0 saturated heterocycles. The van der Waals surface area contributed by atoms with Gasteiger partial charge in [-0.15, -0.1) is 24.0 Å². The molecule has 5 nitrogen and oxygen atoms in total. The van der Waals surface area contributed by atoms with Gasteiger partial charge in [0.05, 0.1) is 11.9 Å². The Morgan fingerprint density at radius 1 is 1.30 bits per heavy atom. The second-order valence-electron chi connectivity index (χ2n) is 6.37. The lowest BCUT2D eigenvalue weighted by Crippen LogP contribution is -2.39. The monoisotopic (exact) mass is 495 g/mol. The maximum Gasteiger partial charge on any atom is 0.193 e. The molecule has 1 N–H and O–H groups in total. The van der Waals surface area contributed by atoms with Crippen LogP contribution in [0.4, 0.5) is 0 Å². The average Bonchev–Trinajstić information content (AvgIpc) is 3.35. The van der Waals surface area contributed by atoms with Crippen LogP contribution in [0.15, 0.2) is 64.5 Å². The largest absolute Gasteiger partial charge is 0.356 e. The molecule has 1 atom stereocenters. The summed E-state index contributed by atoms with van der Waals surface area (Å²) in [5.74, 6) is 1.34. The summed E-state index contributed by atoms with van der Waals surface area (Å²) < 4.78 is 1.90. The first-order chi connectivity index (χ1) is 12.7. The van der Waals surface area contributed by atoms with Crippen molar-refractivity contribution in [1.29, 1.82) is 0 Å². The second kappa shape index (κ2) is 10.5. The zero-order valence-corrected chi connectivity index (χ0v) is 19.0. The zero-order valence-electron chi connectivity index (χ0n) is 15.9. The standard InChI is InChI=1S/C20H25N5S.HI/c1-16(18-9-10-26-15-18)11-22-20(21-2)24(3)13-17-12-23-25(14-17)19-7-5-4-6-8-19;/h4-10,12,14-16H,11,13H2,1-3H3,(H,21,22);1H. The van der Waals surface area contributed by atoms with Crippen molar-refractivity contribution in [3.63, 3.8) is 0 Å². The fraction of sp³-hybridized carbons (Fsp3) is 0.300. The van der Waals surface area contributed by atoms with Crippen LogP contribution in [-0.4, -0.2) is 41.3 Å². The molecule has 3 aromatic rings. The fourth-order valence-corrected chi connectivity index (χ4v) is 3.60. The van der Waals surface area contributed by atoms with Gasteiger partial charge in [0, 0.05) is 38.9 Å². The van der Waals surface area contributed by atoms with Crippen LogP contribution in [0.5, 0.6) is 0 Å². The summed E-state index contributed by atoms with van der Waals surface area (Å²) >= 11 is 1.74. The van der Waals surface area contributed by atoms with E-state index in [-0.39, 0.29) is 24.0 Å². The van der Waals surface area contributed by atoms with Gasteiger partial charge < -0.3 is 10.2 Å². The molecule has 144 valence electrons. The van der Waals surface area contributed by atoms with Gasteiger partial charge in [0.15, 0.2) is 5.96 Å². The number of aliphatic imine (C=N–C) groups is 1. The van der Waals surface area contributed by atoms with E-state index in [1.165, 1.54) is 5.56 Å². The maximum atomic E-state index is 4.46. The topological polar surface area (TPSA) is 45.5 Å². The SMILES string of the molecule is CN=C(NCC(C)c1ccsc1)N(C)Cc1cnn(-c2ccccc2)c1.I. The third-order valence-electron chi connectivity index (χ3n) is 4.33. The molecule has 1 unspecified atom stereocenters. The first-order valence-electron chi connectivity index (χ1n) is 8.70. The molecule has 0 saturated carbocycles. The first kappa shape index (κ1) is 21.4. The highest BCUT2D eigenvalue weighted by Gasteiger charge is 2.11. The summed E-state index contributed by atoms with van der Waals surface area (Å²) in [6.07, 6.45) is 3.97. The molecule has 0 amide bonds. The van der Waals surface area contributed by atoms with Crippen molar-refractivity contribution >= 4 is 41.3 Å². The van der Waals surface area contributed by atoms with Gasteiger partial charge in [0.1, 0.15) is 0 Å². The highest BCUT2D eigenvalue weighted by Crippen LogP contribution is 2.17. The Labute approximate surface area is 182 Å². The molecule has 0 aliphatic heterocycles. The van der Waals surface area contributed by atoms with E-state index in [1.807, 2.05) is 55.3 Å². The molecular weight excluding hydrogens is 469 g/mol. The quantitative estimate of drug-likeness (QED) is 0.314. The van der Waals surface area contributed by atoms with Gasteiger partial charge in [-0.3, -0.25) is 4.99 Å². The normalized spacial score (nSPS) is 12.3. The lowest BCUT2D eigenvalue weighted by molar-refractivity contribution is 0.473. The van der Waals surface area contributed by atoms with E-state index in [1.54, 1.807) is 11.3 Å². The van der Waals surface area contributed by atoms with Crippen LogP contribution in [0.3, 0.4) is 0 Å². The number of benzene rings is 1. The average molecular weight is 495 g/mol. The molecule has 0 aliphatic carbocycles. The van der Waals surface area contributed by atoms with Gasteiger partial charge in [0.2, 0.25) is 0 Å². The van der Waals surface area contributed by atoms with Gasteiger partial charge in [0.25, 0.3) is 0 Å². The van der Waals surface area contributed by atoms with Crippen LogP contribution in [0.1, 0.15) is 24.0 Å². The predicted octanol–water partition coefficient (Wildman–Crippen LogP) is 4.36. The molecule has 7 heteroatoms. The Hall–Kier alpha value is -1.87. The molecule has 3 rings (SSSR count). The second-order valence-corrected chi connectivity index (χ2v) is 7.15. The lowest BCUT2D eigenvalue weighted by atomic mass is 10.1. The fourth-order valence-electron chi connectivity index (χ4n) is 2.81. The number of thiophene rings is 1. The smallest absolute Gasteiger partial charge is 0.193 e. The highest BCUT2D eigenvalue weighted by atomic mass is 127. The van der Waals surface area contributed by atoms with E-state index >= 15 is 0 Å². The Morgan fingerprint density at radius 2 is 2.07 bits per heavy atom. The summed E-state index contributed by atoms with van der Waals surface area (Å²) in [5.41, 5.74) is 3.57. The third kappa shape index (κ3) is 5.80. The van der Waals surface area contributed by atoms with Gasteiger partial charge in [-0.2, -0.15) is 16.4 Å². The number of nitrogens with one attached hydrogen (secondary N) is 1. The molecule has 2 heterocycles. The van der Waals surface area contributed by atoms with Gasteiger partial charge in [-0.1, -0.05) is 25.1 Å². The predicted molar refractivity (Wildman–Crippen MR) is 125 cm³/mol. The lowest BCUT2D eigenvalue weighted by Gasteiger charge is -2.23. The zero-order chi connectivity index (χ0) is 18.4. The number of halogens is 1. The molecular formula is C20H26IN5S. The number of hydrogen-bond acceptors (Lipinski definition) is 3. The van der Waals surface area contributed by atoms with Gasteiger partial charge >= 0.3 is 0 Å². The number of hydrogen-bond donors (Lipinski definition) is 1. The summed E-state index contributed by atoms with van der Waals surface area (Å²) in [4.78, 5) is 6.53. The minimum absolute atomic E-state index is 0. The van der Waals surface area contributed by atoms with Crippen molar-refractivity contribution in [1.82, 2.24) is 20.0 Å². The Balaban J connectivity index is 0.00000261. The third-order valence-corrected chi connectivity index (χ3v) is 5.03. The Morgan fingerprint density at radius 3 is 2.74 bits per heavy atom. The van der Waals surface area contributed by atoms with Crippen molar-refractivity contribution in [2.75, 3.05) is 20.6 Å². The Bertz CT molecular complexity index is 829. The molecule has 0 bridgehead atoms. The summed E-state index contributed by atoms with van der Waals surface area (Å²) in [6.45, 7) is 3.84. The van der Waals surface area contributed by atoms with E-state index in [0.717, 1.165) is 30.3 Å². The van der Waals surface area contributed by atoms with Crippen LogP contribution in [0.2, 0.25) is 0 Å². The number of nitrogens with zero attached hydrogens (tertiary/aromatic N) is 4. The maximum absolute atomic E-state index is 4.46. The van der Waals surface area contributed by atoms with Gasteiger partial charge in [-0.05, 0) is 40.4 Å². The molecule has 1 aromatic carbocycles. The van der Waals surface area contributed by atoms with Crippen LogP contribution in [-0.2, 0) is 6.54 Å². The number of para-hydroxylation sites is 1. The summed E-state index contributed by atoms with van der Waals surface area (Å²) in [5, 5.41) is 12.3. The van der Waals surface area contributed by atoms with Crippen LogP contribution >= 0.6 is 35.3 Å². The van der Waals surface area contributed by atoms with Crippen molar-refractivity contribution < 1.29 is 0 Å². The minimum Gasteiger partial charge on any atom is -0.356 e. The first-order valence-corrected chi connectivity index (χ1v) is 9.64. The summed E-state index contributed by atoms with van der Waals surface area (Å²) in [6, 6.07) is 12.3. The molecule has 0 aliphatic rings. The molecule has 0 radical (unpaired) electrons. The van der Waals surface area contributed by atoms with Crippen LogP contribution < -0.4 is 5.32 Å². The van der Waals surface area contributed by atoms with E-state index < -0.39 is 0 Å². The molecule has 0 fully saturated rings. The van der Waals surface area contributed by atoms with E-state index in [0.29, 0.717) is 5.92 Å². The van der Waals surface area contributed by atoms with Crippen molar-refractivity contribution in [2.24, 2.45) is 4.99 Å². The van der Waals surface area contributed by atoms with E-state index in [9.17, 15) is 0 Å². The van der Waals surface area contributed by atoms with Crippen LogP contribution in [0, 0.1) is 0 Å². The molecule has 2 aromatic heterocycles. The summed E-state index contributed by atoms with van der Waals surface area (Å²) in [7, 11) is 3.87. The van der Waals surface area contributed by atoms with Crippen molar-refractivity contribution in [3.8, 4) is 5.69 Å². The highest BCUT2D eigenvalue weighted by molar-refractivity contribution is 14.0. The Kier molecular flexibility index (Phi) is 8.30. The molecule has 27 heavy (non-hydrogen) atoms. The van der Waals surface area contributed by atoms with Crippen LogP contribution in [0.25, 0.3) is 5.69 Å². The van der Waals surface area contributed by atoms with Crippen molar-refractivity contribution in [3.05, 3.63) is 70.7 Å². The number of guanidine groups is 1. The van der Waals surface area contributed by atoms with E-state index in [2.05, 4.69) is 50.3 Å². The van der Waals surface area contributed by atoms with Gasteiger partial charge in [-0.25, -0.2) is 4.68 Å². The number of aromatic nitrogens is 2. The van der Waals surface area contributed by atoms with E-state index in [4.69, 9.17) is 0 Å². The minimum atomic E-state index is 0. The number of rotatable bonds is 6. The van der Waals surface area contributed by atoms with Crippen molar-refractivity contribution in [2.45, 2.75) is 19.4 Å². The molecule has 0 spiro atoms.